The maximum atomic E-state index is 5.82. The van der Waals surface area contributed by atoms with Gasteiger partial charge in [-0.15, -0.1) is 11.3 Å². The second-order valence-electron chi connectivity index (χ2n) is 5.33. The van der Waals surface area contributed by atoms with Crippen molar-refractivity contribution in [2.75, 3.05) is 14.1 Å². The maximum absolute atomic E-state index is 5.82. The van der Waals surface area contributed by atoms with Crippen molar-refractivity contribution < 1.29 is 0 Å². The highest BCUT2D eigenvalue weighted by Crippen LogP contribution is 2.35. The Balaban J connectivity index is 2.54. The molecule has 3 N–H and O–H groups in total. The normalized spacial score (nSPS) is 14.3. The van der Waals surface area contributed by atoms with E-state index in [1.807, 2.05) is 0 Å². The quantitative estimate of drug-likeness (QED) is 0.658. The van der Waals surface area contributed by atoms with Crippen molar-refractivity contribution in [1.82, 2.24) is 10.3 Å². The molecule has 1 heterocycles. The fourth-order valence-electron chi connectivity index (χ4n) is 2.18. The minimum atomic E-state index is -0.0625. The topological polar surface area (TPSA) is 41.3 Å². The Morgan fingerprint density at radius 1 is 1.28 bits per heavy atom. The predicted octanol–water partition coefficient (Wildman–Crippen LogP) is 2.75. The second kappa shape index (κ2) is 4.97. The van der Waals surface area contributed by atoms with E-state index in [4.69, 9.17) is 5.84 Å². The molecule has 0 amide bonds. The molecule has 0 saturated heterocycles. The van der Waals surface area contributed by atoms with Gasteiger partial charge < -0.3 is 4.90 Å². The van der Waals surface area contributed by atoms with Crippen LogP contribution < -0.4 is 11.3 Å². The SMILES string of the molecule is CN(C)C(C)(C)C(NN)c1cccc2ccsc12. The molecule has 1 aromatic heterocycles. The van der Waals surface area contributed by atoms with Crippen molar-refractivity contribution in [3.8, 4) is 0 Å². The van der Waals surface area contributed by atoms with Crippen molar-refractivity contribution in [3.05, 3.63) is 35.2 Å². The first-order valence-electron chi connectivity index (χ1n) is 6.08. The lowest BCUT2D eigenvalue weighted by Gasteiger charge is -2.40. The second-order valence-corrected chi connectivity index (χ2v) is 6.25. The minimum Gasteiger partial charge on any atom is -0.302 e. The third-order valence-corrected chi connectivity index (χ3v) is 4.83. The van der Waals surface area contributed by atoms with Crippen LogP contribution in [0, 0.1) is 0 Å². The Hall–Kier alpha value is -0.940. The number of benzene rings is 1. The first-order valence-corrected chi connectivity index (χ1v) is 6.96. The van der Waals surface area contributed by atoms with Crippen molar-refractivity contribution in [3.63, 3.8) is 0 Å². The number of likely N-dealkylation sites (N-methyl/N-ethyl adjacent to an activating group) is 1. The number of fused-ring (bicyclic) bond motifs is 1. The highest BCUT2D eigenvalue weighted by molar-refractivity contribution is 7.17. The van der Waals surface area contributed by atoms with Gasteiger partial charge in [0.05, 0.1) is 6.04 Å². The van der Waals surface area contributed by atoms with Gasteiger partial charge in [0.15, 0.2) is 0 Å². The van der Waals surface area contributed by atoms with Crippen molar-refractivity contribution >= 4 is 21.4 Å². The van der Waals surface area contributed by atoms with Crippen LogP contribution in [0.2, 0.25) is 0 Å². The molecule has 2 rings (SSSR count). The number of thiophene rings is 1. The van der Waals surface area contributed by atoms with Crippen LogP contribution >= 0.6 is 11.3 Å². The molecule has 1 atom stereocenters. The zero-order valence-electron chi connectivity index (χ0n) is 11.4. The molecule has 18 heavy (non-hydrogen) atoms. The van der Waals surface area contributed by atoms with Gasteiger partial charge in [-0.05, 0) is 50.3 Å². The molecule has 98 valence electrons. The van der Waals surface area contributed by atoms with Crippen LogP contribution in [0.3, 0.4) is 0 Å². The van der Waals surface area contributed by atoms with E-state index in [9.17, 15) is 0 Å². The smallest absolute Gasteiger partial charge is 0.0652 e. The van der Waals surface area contributed by atoms with E-state index in [2.05, 4.69) is 67.9 Å². The fourth-order valence-corrected chi connectivity index (χ4v) is 3.12. The van der Waals surface area contributed by atoms with E-state index in [-0.39, 0.29) is 11.6 Å². The van der Waals surface area contributed by atoms with Gasteiger partial charge in [0.2, 0.25) is 0 Å². The largest absolute Gasteiger partial charge is 0.302 e. The molecule has 0 spiro atoms. The first-order chi connectivity index (χ1) is 8.48. The van der Waals surface area contributed by atoms with E-state index in [0.29, 0.717) is 0 Å². The van der Waals surface area contributed by atoms with Crippen LogP contribution in [-0.4, -0.2) is 24.5 Å². The van der Waals surface area contributed by atoms with Crippen LogP contribution in [0.25, 0.3) is 10.1 Å². The lowest BCUT2D eigenvalue weighted by atomic mass is 9.87. The number of hydrogen-bond acceptors (Lipinski definition) is 4. The molecule has 0 radical (unpaired) electrons. The summed E-state index contributed by atoms with van der Waals surface area (Å²) < 4.78 is 1.32. The summed E-state index contributed by atoms with van der Waals surface area (Å²) in [7, 11) is 4.16. The molecular formula is C14H21N3S. The third kappa shape index (κ3) is 2.17. The van der Waals surface area contributed by atoms with E-state index in [0.717, 1.165) is 0 Å². The Labute approximate surface area is 113 Å². The lowest BCUT2D eigenvalue weighted by Crippen LogP contribution is -2.51. The molecule has 0 saturated carbocycles. The van der Waals surface area contributed by atoms with Gasteiger partial charge in [0, 0.05) is 10.2 Å². The van der Waals surface area contributed by atoms with Crippen LogP contribution in [0.4, 0.5) is 0 Å². The van der Waals surface area contributed by atoms with E-state index < -0.39 is 0 Å². The van der Waals surface area contributed by atoms with Crippen LogP contribution in [0.5, 0.6) is 0 Å². The molecule has 0 fully saturated rings. The Morgan fingerprint density at radius 3 is 2.61 bits per heavy atom. The summed E-state index contributed by atoms with van der Waals surface area (Å²) >= 11 is 1.77. The van der Waals surface area contributed by atoms with Gasteiger partial charge in [-0.3, -0.25) is 11.3 Å². The molecule has 2 aromatic rings. The monoisotopic (exact) mass is 263 g/mol. The van der Waals surface area contributed by atoms with Crippen LogP contribution in [0.15, 0.2) is 29.6 Å². The molecular weight excluding hydrogens is 242 g/mol. The summed E-state index contributed by atoms with van der Waals surface area (Å²) in [6, 6.07) is 8.65. The Bertz CT molecular complexity index is 531. The molecule has 0 aliphatic heterocycles. The van der Waals surface area contributed by atoms with E-state index in [1.54, 1.807) is 11.3 Å². The Kier molecular flexibility index (Phi) is 3.73. The van der Waals surface area contributed by atoms with E-state index in [1.165, 1.54) is 15.6 Å². The van der Waals surface area contributed by atoms with E-state index >= 15 is 0 Å². The molecule has 4 heteroatoms. The van der Waals surface area contributed by atoms with Crippen molar-refractivity contribution in [2.24, 2.45) is 5.84 Å². The number of rotatable bonds is 4. The standard InChI is InChI=1S/C14H21N3S/c1-14(2,17(3)4)13(16-15)11-7-5-6-10-8-9-18-12(10)11/h5-9,13,16H,15H2,1-4H3. The molecule has 0 aliphatic carbocycles. The van der Waals surface area contributed by atoms with Crippen LogP contribution in [0.1, 0.15) is 25.5 Å². The predicted molar refractivity (Wildman–Crippen MR) is 79.7 cm³/mol. The molecule has 1 aromatic carbocycles. The summed E-state index contributed by atoms with van der Waals surface area (Å²) in [5, 5.41) is 3.41. The summed E-state index contributed by atoms with van der Waals surface area (Å²) in [6.45, 7) is 4.40. The summed E-state index contributed by atoms with van der Waals surface area (Å²) in [6.07, 6.45) is 0. The fraction of sp³-hybridized carbons (Fsp3) is 0.429. The average Bonchev–Trinajstić information content (AvgIpc) is 2.78. The average molecular weight is 263 g/mol. The third-order valence-electron chi connectivity index (χ3n) is 3.85. The van der Waals surface area contributed by atoms with Gasteiger partial charge in [-0.25, -0.2) is 0 Å². The first kappa shape index (κ1) is 13.5. The zero-order valence-corrected chi connectivity index (χ0v) is 12.2. The number of nitrogens with one attached hydrogen (secondary N) is 1. The van der Waals surface area contributed by atoms with Gasteiger partial charge in [-0.2, -0.15) is 0 Å². The van der Waals surface area contributed by atoms with Gasteiger partial charge in [0.1, 0.15) is 0 Å². The number of hydrogen-bond donors (Lipinski definition) is 2. The number of hydrazine groups is 1. The maximum Gasteiger partial charge on any atom is 0.0652 e. The van der Waals surface area contributed by atoms with Crippen LogP contribution in [-0.2, 0) is 0 Å². The minimum absolute atomic E-state index is 0.0625. The number of nitrogens with zero attached hydrogens (tertiary/aromatic N) is 1. The molecule has 0 aliphatic rings. The highest BCUT2D eigenvalue weighted by Gasteiger charge is 2.33. The summed E-state index contributed by atoms with van der Waals surface area (Å²) in [5.74, 6) is 5.82. The van der Waals surface area contributed by atoms with Gasteiger partial charge in [0.25, 0.3) is 0 Å². The van der Waals surface area contributed by atoms with Crippen molar-refractivity contribution in [1.29, 1.82) is 0 Å². The summed E-state index contributed by atoms with van der Waals surface area (Å²) in [5.41, 5.74) is 4.19. The van der Waals surface area contributed by atoms with Gasteiger partial charge in [-0.1, -0.05) is 18.2 Å². The van der Waals surface area contributed by atoms with Gasteiger partial charge >= 0.3 is 0 Å². The zero-order chi connectivity index (χ0) is 13.3. The molecule has 1 unspecified atom stereocenters. The highest BCUT2D eigenvalue weighted by atomic mass is 32.1. The summed E-state index contributed by atoms with van der Waals surface area (Å²) in [4.78, 5) is 2.20. The Morgan fingerprint density at radius 2 is 2.00 bits per heavy atom. The van der Waals surface area contributed by atoms with Crippen molar-refractivity contribution in [2.45, 2.75) is 25.4 Å². The lowest BCUT2D eigenvalue weighted by molar-refractivity contribution is 0.139. The molecule has 0 bridgehead atoms. The molecule has 3 nitrogen and oxygen atoms in total. The number of nitrogens with two attached hydrogens (primary N) is 1.